The van der Waals surface area contributed by atoms with Gasteiger partial charge in [0.15, 0.2) is 0 Å². The van der Waals surface area contributed by atoms with Crippen molar-refractivity contribution in [1.29, 1.82) is 0 Å². The molecule has 0 radical (unpaired) electrons. The van der Waals surface area contributed by atoms with E-state index in [4.69, 9.17) is 0 Å². The summed E-state index contributed by atoms with van der Waals surface area (Å²) in [4.78, 5) is 32.1. The van der Waals surface area contributed by atoms with Crippen molar-refractivity contribution in [1.82, 2.24) is 19.6 Å². The number of fused-ring (bicyclic) bond motifs is 1. The van der Waals surface area contributed by atoms with Crippen LogP contribution in [0.2, 0.25) is 0 Å². The predicted molar refractivity (Wildman–Crippen MR) is 87.8 cm³/mol. The lowest BCUT2D eigenvalue weighted by molar-refractivity contribution is -0.0652. The van der Waals surface area contributed by atoms with Crippen LogP contribution < -0.4 is 0 Å². The lowest BCUT2D eigenvalue weighted by atomic mass is 9.80. The Morgan fingerprint density at radius 3 is 1.87 bits per heavy atom. The number of hydrogen-bond donors (Lipinski definition) is 0. The van der Waals surface area contributed by atoms with Gasteiger partial charge in [0.05, 0.1) is 6.04 Å². The van der Waals surface area contributed by atoms with E-state index in [2.05, 4.69) is 19.1 Å². The van der Waals surface area contributed by atoms with E-state index in [0.717, 1.165) is 5.56 Å². The standard InChI is InChI=1S/C17H24N4O2/c1-11-13-14(12-9-7-6-8-10-12)19(3)17(23)21(5)15(13)20(4)16(22)18(11)2/h6-11,13-15H,1-5H3/t11-,13-,14-,15-/m1/s1. The summed E-state index contributed by atoms with van der Waals surface area (Å²) in [5, 5.41) is 0. The maximum atomic E-state index is 12.7. The van der Waals surface area contributed by atoms with Gasteiger partial charge in [0, 0.05) is 40.2 Å². The molecule has 0 N–H and O–H groups in total. The van der Waals surface area contributed by atoms with Crippen LogP contribution in [0.1, 0.15) is 18.5 Å². The maximum absolute atomic E-state index is 12.7. The minimum atomic E-state index is -0.234. The van der Waals surface area contributed by atoms with Crippen molar-refractivity contribution in [2.24, 2.45) is 5.92 Å². The fourth-order valence-electron chi connectivity index (χ4n) is 4.08. The fourth-order valence-corrected chi connectivity index (χ4v) is 4.08. The van der Waals surface area contributed by atoms with Gasteiger partial charge in [-0.3, -0.25) is 0 Å². The van der Waals surface area contributed by atoms with Crippen molar-refractivity contribution in [3.63, 3.8) is 0 Å². The lowest BCUT2D eigenvalue weighted by Gasteiger charge is -2.57. The summed E-state index contributed by atoms with van der Waals surface area (Å²) in [5.41, 5.74) is 1.11. The van der Waals surface area contributed by atoms with Gasteiger partial charge >= 0.3 is 12.1 Å². The molecule has 1 aromatic carbocycles. The third-order valence-corrected chi connectivity index (χ3v) is 5.44. The van der Waals surface area contributed by atoms with Crippen molar-refractivity contribution >= 4 is 12.1 Å². The first-order valence-corrected chi connectivity index (χ1v) is 7.90. The summed E-state index contributed by atoms with van der Waals surface area (Å²) >= 11 is 0. The average molecular weight is 316 g/mol. The smallest absolute Gasteiger partial charge is 0.321 e. The maximum Gasteiger partial charge on any atom is 0.321 e. The molecule has 0 spiro atoms. The van der Waals surface area contributed by atoms with E-state index in [1.165, 1.54) is 0 Å². The second-order valence-corrected chi connectivity index (χ2v) is 6.60. The SMILES string of the molecule is C[C@@H]1[C@H]2[C@H](N(C)C(=O)N1C)N(C)C(=O)N(C)[C@@H]2c1ccccc1. The Bertz CT molecular complexity index is 616. The van der Waals surface area contributed by atoms with Gasteiger partial charge in [-0.15, -0.1) is 0 Å². The van der Waals surface area contributed by atoms with E-state index in [1.54, 1.807) is 33.7 Å². The molecule has 1 aromatic rings. The van der Waals surface area contributed by atoms with Crippen LogP contribution in [0.5, 0.6) is 0 Å². The van der Waals surface area contributed by atoms with E-state index in [1.807, 2.05) is 32.3 Å². The largest absolute Gasteiger partial charge is 0.324 e. The summed E-state index contributed by atoms with van der Waals surface area (Å²) < 4.78 is 0. The topological polar surface area (TPSA) is 47.1 Å². The molecule has 2 aliphatic rings. The second-order valence-electron chi connectivity index (χ2n) is 6.60. The first kappa shape index (κ1) is 15.6. The number of rotatable bonds is 1. The highest BCUT2D eigenvalue weighted by Crippen LogP contribution is 2.43. The zero-order valence-electron chi connectivity index (χ0n) is 14.3. The molecule has 0 unspecified atom stereocenters. The van der Waals surface area contributed by atoms with Crippen molar-refractivity contribution in [2.75, 3.05) is 28.2 Å². The van der Waals surface area contributed by atoms with E-state index in [9.17, 15) is 9.59 Å². The Kier molecular flexibility index (Phi) is 3.70. The molecule has 124 valence electrons. The summed E-state index contributed by atoms with van der Waals surface area (Å²) in [7, 11) is 7.23. The predicted octanol–water partition coefficient (Wildman–Crippen LogP) is 2.05. The molecule has 2 aliphatic heterocycles. The molecule has 6 heteroatoms. The van der Waals surface area contributed by atoms with E-state index < -0.39 is 0 Å². The van der Waals surface area contributed by atoms with Crippen LogP contribution in [0.3, 0.4) is 0 Å². The number of urea groups is 2. The molecule has 2 saturated heterocycles. The highest BCUT2D eigenvalue weighted by molar-refractivity contribution is 5.80. The van der Waals surface area contributed by atoms with Gasteiger partial charge in [-0.25, -0.2) is 9.59 Å². The molecule has 0 aromatic heterocycles. The number of nitrogens with zero attached hydrogens (tertiary/aromatic N) is 4. The second kappa shape index (κ2) is 5.44. The van der Waals surface area contributed by atoms with Crippen LogP contribution in [-0.4, -0.2) is 72.1 Å². The lowest BCUT2D eigenvalue weighted by Crippen LogP contribution is -2.71. The van der Waals surface area contributed by atoms with E-state index >= 15 is 0 Å². The number of hydrogen-bond acceptors (Lipinski definition) is 2. The van der Waals surface area contributed by atoms with Crippen molar-refractivity contribution in [2.45, 2.75) is 25.2 Å². The normalized spacial score (nSPS) is 31.5. The van der Waals surface area contributed by atoms with Crippen LogP contribution in [-0.2, 0) is 0 Å². The molecule has 0 saturated carbocycles. The highest BCUT2D eigenvalue weighted by Gasteiger charge is 2.53. The van der Waals surface area contributed by atoms with Gasteiger partial charge in [0.25, 0.3) is 0 Å². The van der Waals surface area contributed by atoms with Crippen LogP contribution >= 0.6 is 0 Å². The first-order valence-electron chi connectivity index (χ1n) is 7.90. The van der Waals surface area contributed by atoms with Crippen LogP contribution in [0.15, 0.2) is 30.3 Å². The van der Waals surface area contributed by atoms with Gasteiger partial charge in [0.2, 0.25) is 0 Å². The van der Waals surface area contributed by atoms with Gasteiger partial charge in [0.1, 0.15) is 6.17 Å². The minimum Gasteiger partial charge on any atom is -0.324 e. The van der Waals surface area contributed by atoms with Gasteiger partial charge < -0.3 is 19.6 Å². The molecule has 3 rings (SSSR count). The van der Waals surface area contributed by atoms with Gasteiger partial charge in [-0.1, -0.05) is 30.3 Å². The Balaban J connectivity index is 2.11. The van der Waals surface area contributed by atoms with E-state index in [0.29, 0.717) is 0 Å². The zero-order valence-corrected chi connectivity index (χ0v) is 14.3. The van der Waals surface area contributed by atoms with Crippen molar-refractivity contribution in [3.05, 3.63) is 35.9 Å². The van der Waals surface area contributed by atoms with Crippen molar-refractivity contribution in [3.8, 4) is 0 Å². The number of benzene rings is 1. The molecule has 4 amide bonds. The summed E-state index contributed by atoms with van der Waals surface area (Å²) in [6.45, 7) is 2.07. The monoisotopic (exact) mass is 316 g/mol. The number of amides is 4. The Morgan fingerprint density at radius 1 is 0.783 bits per heavy atom. The number of carbonyl (C=O) groups excluding carboxylic acids is 2. The Labute approximate surface area is 137 Å². The summed E-state index contributed by atoms with van der Waals surface area (Å²) in [5.74, 6) is 0.109. The molecule has 6 nitrogen and oxygen atoms in total. The van der Waals surface area contributed by atoms with Crippen LogP contribution in [0.4, 0.5) is 9.59 Å². The van der Waals surface area contributed by atoms with Crippen LogP contribution in [0, 0.1) is 5.92 Å². The van der Waals surface area contributed by atoms with Crippen LogP contribution in [0.25, 0.3) is 0 Å². The third kappa shape index (κ3) is 2.16. The van der Waals surface area contributed by atoms with Gasteiger partial charge in [-0.05, 0) is 12.5 Å². The van der Waals surface area contributed by atoms with Gasteiger partial charge in [-0.2, -0.15) is 0 Å². The zero-order chi connectivity index (χ0) is 16.9. The van der Waals surface area contributed by atoms with Crippen molar-refractivity contribution < 1.29 is 9.59 Å². The number of carbonyl (C=O) groups is 2. The molecule has 0 bridgehead atoms. The fraction of sp³-hybridized carbons (Fsp3) is 0.529. The molecule has 2 heterocycles. The molecular formula is C17H24N4O2. The molecule has 23 heavy (non-hydrogen) atoms. The molecule has 2 fully saturated rings. The summed E-state index contributed by atoms with van der Waals surface area (Å²) in [6, 6.07) is 9.94. The third-order valence-electron chi connectivity index (χ3n) is 5.44. The Hall–Kier alpha value is -2.24. The average Bonchev–Trinajstić information content (AvgIpc) is 2.56. The molecular weight excluding hydrogens is 292 g/mol. The minimum absolute atomic E-state index is 0.0342. The van der Waals surface area contributed by atoms with E-state index in [-0.39, 0.29) is 36.2 Å². The first-order chi connectivity index (χ1) is 10.9. The summed E-state index contributed by atoms with van der Waals surface area (Å²) in [6.07, 6.45) is -0.234. The quantitative estimate of drug-likeness (QED) is 0.796. The Morgan fingerprint density at radius 2 is 1.30 bits per heavy atom. The molecule has 4 atom stereocenters. The highest BCUT2D eigenvalue weighted by atomic mass is 16.2. The molecule has 0 aliphatic carbocycles.